The first kappa shape index (κ1) is 15.3. The van der Waals surface area contributed by atoms with Gasteiger partial charge in [-0.05, 0) is 31.5 Å². The third-order valence-corrected chi connectivity index (χ3v) is 4.01. The van der Waals surface area contributed by atoms with E-state index in [2.05, 4.69) is 10.6 Å². The highest BCUT2D eigenvalue weighted by molar-refractivity contribution is 7.13. The number of hydrogen-bond donors (Lipinski definition) is 2. The van der Waals surface area contributed by atoms with Gasteiger partial charge in [0.2, 0.25) is 5.91 Å². The first-order valence-electron chi connectivity index (χ1n) is 6.75. The molecule has 0 spiro atoms. The molecule has 5 heteroatoms. The minimum absolute atomic E-state index is 0.194. The fraction of sp³-hybridized carbons (Fsp3) is 0.250. The third-order valence-electron chi connectivity index (χ3n) is 3.01. The molecule has 0 unspecified atom stereocenters. The molecule has 0 fully saturated rings. The summed E-state index contributed by atoms with van der Waals surface area (Å²) < 4.78 is 0. The molecule has 2 aromatic rings. The molecule has 1 aromatic heterocycles. The molecule has 2 amide bonds. The van der Waals surface area contributed by atoms with Gasteiger partial charge in [-0.15, -0.1) is 11.3 Å². The maximum absolute atomic E-state index is 12.0. The second-order valence-electron chi connectivity index (χ2n) is 4.81. The van der Waals surface area contributed by atoms with Crippen molar-refractivity contribution in [1.29, 1.82) is 0 Å². The van der Waals surface area contributed by atoms with Crippen molar-refractivity contribution in [3.8, 4) is 0 Å². The van der Waals surface area contributed by atoms with Crippen LogP contribution in [0.5, 0.6) is 0 Å². The van der Waals surface area contributed by atoms with Crippen LogP contribution in [0.2, 0.25) is 0 Å². The van der Waals surface area contributed by atoms with E-state index in [-0.39, 0.29) is 11.8 Å². The van der Waals surface area contributed by atoms with Crippen molar-refractivity contribution in [2.45, 2.75) is 26.4 Å². The van der Waals surface area contributed by atoms with Crippen molar-refractivity contribution < 1.29 is 9.59 Å². The van der Waals surface area contributed by atoms with Gasteiger partial charge in [0.05, 0.1) is 4.88 Å². The highest BCUT2D eigenvalue weighted by Gasteiger charge is 2.17. The molecule has 21 heavy (non-hydrogen) atoms. The van der Waals surface area contributed by atoms with E-state index >= 15 is 0 Å². The molecule has 2 rings (SSSR count). The van der Waals surface area contributed by atoms with Crippen LogP contribution in [0.4, 0.5) is 0 Å². The van der Waals surface area contributed by atoms with E-state index in [0.29, 0.717) is 11.4 Å². The van der Waals surface area contributed by atoms with E-state index in [0.717, 1.165) is 10.4 Å². The summed E-state index contributed by atoms with van der Waals surface area (Å²) in [6, 6.07) is 12.7. The number of amides is 2. The molecule has 0 radical (unpaired) electrons. The molecule has 0 saturated heterocycles. The second kappa shape index (κ2) is 7.04. The van der Waals surface area contributed by atoms with Gasteiger partial charge in [0.1, 0.15) is 6.04 Å². The third kappa shape index (κ3) is 4.43. The smallest absolute Gasteiger partial charge is 0.261 e. The number of carbonyl (C=O) groups is 2. The molecule has 1 heterocycles. The fourth-order valence-electron chi connectivity index (χ4n) is 1.83. The molecule has 0 aliphatic carbocycles. The molecule has 1 atom stereocenters. The second-order valence-corrected chi connectivity index (χ2v) is 6.10. The summed E-state index contributed by atoms with van der Waals surface area (Å²) in [5, 5.41) is 5.52. The maximum Gasteiger partial charge on any atom is 0.261 e. The summed E-state index contributed by atoms with van der Waals surface area (Å²) in [4.78, 5) is 25.6. The first-order chi connectivity index (χ1) is 10.1. The zero-order chi connectivity index (χ0) is 15.2. The minimum atomic E-state index is -0.566. The summed E-state index contributed by atoms with van der Waals surface area (Å²) in [5.74, 6) is -0.407. The number of aryl methyl sites for hydroxylation is 1. The van der Waals surface area contributed by atoms with Gasteiger partial charge in [-0.25, -0.2) is 0 Å². The Hall–Kier alpha value is -2.14. The lowest BCUT2D eigenvalue weighted by Crippen LogP contribution is -2.44. The topological polar surface area (TPSA) is 58.2 Å². The molecule has 0 aliphatic heterocycles. The molecular weight excluding hydrogens is 284 g/mol. The average molecular weight is 302 g/mol. The predicted molar refractivity (Wildman–Crippen MR) is 84.3 cm³/mol. The first-order valence-corrected chi connectivity index (χ1v) is 7.57. The lowest BCUT2D eigenvalue weighted by Gasteiger charge is -2.13. The largest absolute Gasteiger partial charge is 0.350 e. The minimum Gasteiger partial charge on any atom is -0.350 e. The van der Waals surface area contributed by atoms with Gasteiger partial charge >= 0.3 is 0 Å². The summed E-state index contributed by atoms with van der Waals surface area (Å²) >= 11 is 1.42. The Kier molecular flexibility index (Phi) is 5.11. The Bertz CT molecular complexity index is 622. The number of nitrogens with one attached hydrogen (secondary N) is 2. The number of benzene rings is 1. The standard InChI is InChI=1S/C16H18N2O2S/c1-11-8-9-14(21-11)16(20)18-12(2)15(19)17-10-13-6-4-3-5-7-13/h3-9,12H,10H2,1-2H3,(H,17,19)(H,18,20)/t12-/m1/s1. The van der Waals surface area contributed by atoms with E-state index in [4.69, 9.17) is 0 Å². The van der Waals surface area contributed by atoms with Gasteiger partial charge in [-0.2, -0.15) is 0 Å². The van der Waals surface area contributed by atoms with E-state index < -0.39 is 6.04 Å². The van der Waals surface area contributed by atoms with Gasteiger partial charge in [0.25, 0.3) is 5.91 Å². The number of thiophene rings is 1. The van der Waals surface area contributed by atoms with Crippen LogP contribution in [0.25, 0.3) is 0 Å². The van der Waals surface area contributed by atoms with Crippen molar-refractivity contribution >= 4 is 23.2 Å². The van der Waals surface area contributed by atoms with E-state index in [9.17, 15) is 9.59 Å². The highest BCUT2D eigenvalue weighted by Crippen LogP contribution is 2.14. The fourth-order valence-corrected chi connectivity index (χ4v) is 2.60. The number of rotatable bonds is 5. The number of carbonyl (C=O) groups excluding carboxylic acids is 2. The van der Waals surface area contributed by atoms with Crippen LogP contribution in [0, 0.1) is 6.92 Å². The zero-order valence-electron chi connectivity index (χ0n) is 12.1. The summed E-state index contributed by atoms with van der Waals surface area (Å²) in [6.45, 7) is 4.08. The average Bonchev–Trinajstić information content (AvgIpc) is 2.92. The van der Waals surface area contributed by atoms with Gasteiger partial charge < -0.3 is 10.6 Å². The van der Waals surface area contributed by atoms with Crippen LogP contribution in [0.3, 0.4) is 0 Å². The molecule has 0 aliphatic rings. The molecule has 0 saturated carbocycles. The highest BCUT2D eigenvalue weighted by atomic mass is 32.1. The van der Waals surface area contributed by atoms with Gasteiger partial charge in [-0.3, -0.25) is 9.59 Å². The molecule has 4 nitrogen and oxygen atoms in total. The lowest BCUT2D eigenvalue weighted by molar-refractivity contribution is -0.122. The SMILES string of the molecule is Cc1ccc(C(=O)N[C@H](C)C(=O)NCc2ccccc2)s1. The van der Waals surface area contributed by atoms with E-state index in [1.165, 1.54) is 11.3 Å². The zero-order valence-corrected chi connectivity index (χ0v) is 12.9. The van der Waals surface area contributed by atoms with Crippen molar-refractivity contribution in [1.82, 2.24) is 10.6 Å². The van der Waals surface area contributed by atoms with Crippen LogP contribution in [0.1, 0.15) is 27.0 Å². The molecular formula is C16H18N2O2S. The molecule has 1 aromatic carbocycles. The van der Waals surface area contributed by atoms with Crippen molar-refractivity contribution in [3.05, 3.63) is 57.8 Å². The van der Waals surface area contributed by atoms with Crippen LogP contribution >= 0.6 is 11.3 Å². The Morgan fingerprint density at radius 3 is 2.48 bits per heavy atom. The number of hydrogen-bond acceptors (Lipinski definition) is 3. The van der Waals surface area contributed by atoms with Crippen LogP contribution in [-0.4, -0.2) is 17.9 Å². The Morgan fingerprint density at radius 2 is 1.86 bits per heavy atom. The monoisotopic (exact) mass is 302 g/mol. The van der Waals surface area contributed by atoms with Crippen LogP contribution in [0.15, 0.2) is 42.5 Å². The van der Waals surface area contributed by atoms with Crippen molar-refractivity contribution in [2.24, 2.45) is 0 Å². The van der Waals surface area contributed by atoms with Gasteiger partial charge in [-0.1, -0.05) is 30.3 Å². The Labute approximate surface area is 128 Å². The van der Waals surface area contributed by atoms with Crippen LogP contribution < -0.4 is 10.6 Å². The van der Waals surface area contributed by atoms with E-state index in [1.807, 2.05) is 43.3 Å². The normalized spacial score (nSPS) is 11.7. The van der Waals surface area contributed by atoms with Gasteiger partial charge in [0, 0.05) is 11.4 Å². The van der Waals surface area contributed by atoms with Gasteiger partial charge in [0.15, 0.2) is 0 Å². The Morgan fingerprint density at radius 1 is 1.14 bits per heavy atom. The van der Waals surface area contributed by atoms with E-state index in [1.54, 1.807) is 13.0 Å². The predicted octanol–water partition coefficient (Wildman–Crippen LogP) is 2.49. The van der Waals surface area contributed by atoms with Crippen LogP contribution in [-0.2, 0) is 11.3 Å². The lowest BCUT2D eigenvalue weighted by atomic mass is 10.2. The van der Waals surface area contributed by atoms with Crippen molar-refractivity contribution in [2.75, 3.05) is 0 Å². The summed E-state index contributed by atoms with van der Waals surface area (Å²) in [6.07, 6.45) is 0. The maximum atomic E-state index is 12.0. The van der Waals surface area contributed by atoms with Crippen molar-refractivity contribution in [3.63, 3.8) is 0 Å². The molecule has 2 N–H and O–H groups in total. The molecule has 0 bridgehead atoms. The molecule has 110 valence electrons. The quantitative estimate of drug-likeness (QED) is 0.891. The summed E-state index contributed by atoms with van der Waals surface area (Å²) in [7, 11) is 0. The summed E-state index contributed by atoms with van der Waals surface area (Å²) in [5.41, 5.74) is 1.03. The Balaban J connectivity index is 1.83.